The minimum absolute atomic E-state index is 0.719. The molecule has 0 bridgehead atoms. The lowest BCUT2D eigenvalue weighted by Gasteiger charge is -2.15. The first kappa shape index (κ1) is 19.5. The zero-order chi connectivity index (χ0) is 19.4. The first-order valence-corrected chi connectivity index (χ1v) is 10.0. The van der Waals surface area contributed by atoms with Gasteiger partial charge < -0.3 is 15.0 Å². The van der Waals surface area contributed by atoms with Gasteiger partial charge in [0.1, 0.15) is 12.3 Å². The van der Waals surface area contributed by atoms with Crippen molar-refractivity contribution in [1.82, 2.24) is 9.78 Å². The molecule has 0 saturated heterocycles. The molecule has 7 heteroatoms. The van der Waals surface area contributed by atoms with Crippen molar-refractivity contribution in [2.75, 3.05) is 19.5 Å². The number of aryl methyl sites for hydroxylation is 2. The van der Waals surface area contributed by atoms with Crippen molar-refractivity contribution in [1.29, 1.82) is 0 Å². The Morgan fingerprint density at radius 1 is 1.22 bits per heavy atom. The zero-order valence-corrected chi connectivity index (χ0v) is 17.7. The van der Waals surface area contributed by atoms with Crippen LogP contribution in [0.2, 0.25) is 0 Å². The highest BCUT2D eigenvalue weighted by Crippen LogP contribution is 2.28. The van der Waals surface area contributed by atoms with Gasteiger partial charge in [-0.3, -0.25) is 0 Å². The van der Waals surface area contributed by atoms with Crippen molar-refractivity contribution in [2.45, 2.75) is 27.1 Å². The summed E-state index contributed by atoms with van der Waals surface area (Å²) in [6.45, 7) is 5.94. The number of ether oxygens (including phenoxy) is 1. The summed E-state index contributed by atoms with van der Waals surface area (Å²) in [6.07, 6.45) is 0. The molecule has 0 aliphatic rings. The molecule has 1 unspecified atom stereocenters. The zero-order valence-electron chi connectivity index (χ0n) is 16.1. The quantitative estimate of drug-likeness (QED) is 0.592. The SMILES string of the molecule is COc1ccccc1Nc1nn(C[NH+](C)Cc2ccc(C)cc2C)c(=S)s1. The van der Waals surface area contributed by atoms with Crippen LogP contribution in [0.4, 0.5) is 10.8 Å². The van der Waals surface area contributed by atoms with Crippen LogP contribution in [0.1, 0.15) is 16.7 Å². The fourth-order valence-electron chi connectivity index (χ4n) is 3.00. The normalized spacial score (nSPS) is 12.0. The van der Waals surface area contributed by atoms with Crippen LogP contribution in [0.15, 0.2) is 42.5 Å². The lowest BCUT2D eigenvalue weighted by molar-refractivity contribution is -0.917. The van der Waals surface area contributed by atoms with Gasteiger partial charge in [0, 0.05) is 5.56 Å². The summed E-state index contributed by atoms with van der Waals surface area (Å²) in [7, 11) is 3.82. The lowest BCUT2D eigenvalue weighted by Crippen LogP contribution is -3.07. The Morgan fingerprint density at radius 2 is 2.00 bits per heavy atom. The molecule has 0 radical (unpaired) electrons. The Morgan fingerprint density at radius 3 is 2.74 bits per heavy atom. The second kappa shape index (κ2) is 8.65. The van der Waals surface area contributed by atoms with Gasteiger partial charge in [0.25, 0.3) is 0 Å². The van der Waals surface area contributed by atoms with E-state index in [1.54, 1.807) is 7.11 Å². The van der Waals surface area contributed by atoms with Crippen molar-refractivity contribution in [3.05, 3.63) is 63.1 Å². The molecule has 3 aromatic rings. The molecule has 0 spiro atoms. The highest BCUT2D eigenvalue weighted by molar-refractivity contribution is 7.73. The molecule has 27 heavy (non-hydrogen) atoms. The number of nitrogens with zero attached hydrogens (tertiary/aromatic N) is 2. The fourth-order valence-corrected chi connectivity index (χ4v) is 4.02. The molecule has 2 N–H and O–H groups in total. The van der Waals surface area contributed by atoms with E-state index in [0.29, 0.717) is 0 Å². The van der Waals surface area contributed by atoms with Gasteiger partial charge >= 0.3 is 0 Å². The molecule has 1 atom stereocenters. The highest BCUT2D eigenvalue weighted by Gasteiger charge is 2.12. The van der Waals surface area contributed by atoms with E-state index >= 15 is 0 Å². The Labute approximate surface area is 169 Å². The number of rotatable bonds is 7. The standard InChI is InChI=1S/C20H24N4OS2/c1-14-9-10-16(15(2)11-14)12-23(3)13-24-20(26)27-19(22-24)21-17-7-5-6-8-18(17)25-4/h5-11H,12-13H2,1-4H3,(H,21,22)/p+1. The Kier molecular flexibility index (Phi) is 6.26. The van der Waals surface area contributed by atoms with E-state index in [1.165, 1.54) is 32.9 Å². The van der Waals surface area contributed by atoms with Gasteiger partial charge in [0.2, 0.25) is 5.13 Å². The topological polar surface area (TPSA) is 43.5 Å². The first-order valence-electron chi connectivity index (χ1n) is 8.81. The van der Waals surface area contributed by atoms with E-state index in [0.717, 1.165) is 33.7 Å². The maximum absolute atomic E-state index is 5.51. The number of quaternary nitrogens is 1. The molecule has 142 valence electrons. The third-order valence-corrected chi connectivity index (χ3v) is 5.59. The van der Waals surface area contributed by atoms with E-state index in [2.05, 4.69) is 49.5 Å². The molecule has 1 heterocycles. The number of anilines is 2. The number of methoxy groups -OCH3 is 1. The number of benzene rings is 2. The van der Waals surface area contributed by atoms with Crippen LogP contribution < -0.4 is 15.0 Å². The summed E-state index contributed by atoms with van der Waals surface area (Å²) in [6, 6.07) is 14.4. The van der Waals surface area contributed by atoms with Gasteiger partial charge in [-0.1, -0.05) is 47.2 Å². The van der Waals surface area contributed by atoms with Gasteiger partial charge in [0.15, 0.2) is 10.6 Å². The lowest BCUT2D eigenvalue weighted by atomic mass is 10.1. The van der Waals surface area contributed by atoms with Gasteiger partial charge in [-0.15, -0.1) is 5.10 Å². The van der Waals surface area contributed by atoms with Crippen molar-refractivity contribution in [2.24, 2.45) is 0 Å². The Hall–Kier alpha value is -2.22. The Bertz CT molecular complexity index is 980. The van der Waals surface area contributed by atoms with Crippen molar-refractivity contribution in [3.8, 4) is 5.75 Å². The molecule has 5 nitrogen and oxygen atoms in total. The van der Waals surface area contributed by atoms with Crippen LogP contribution in [0.3, 0.4) is 0 Å². The number of nitrogens with one attached hydrogen (secondary N) is 2. The van der Waals surface area contributed by atoms with Crippen LogP contribution >= 0.6 is 23.6 Å². The van der Waals surface area contributed by atoms with Crippen LogP contribution in [-0.2, 0) is 13.2 Å². The largest absolute Gasteiger partial charge is 0.495 e. The van der Waals surface area contributed by atoms with E-state index in [1.807, 2.05) is 28.9 Å². The van der Waals surface area contributed by atoms with Crippen molar-refractivity contribution in [3.63, 3.8) is 0 Å². The molecular weight excluding hydrogens is 376 g/mol. The van der Waals surface area contributed by atoms with E-state index in [4.69, 9.17) is 17.0 Å². The van der Waals surface area contributed by atoms with Gasteiger partial charge in [-0.05, 0) is 43.8 Å². The van der Waals surface area contributed by atoms with Crippen LogP contribution in [0, 0.1) is 17.8 Å². The van der Waals surface area contributed by atoms with E-state index in [-0.39, 0.29) is 0 Å². The number of aromatic nitrogens is 2. The number of hydrogen-bond acceptors (Lipinski definition) is 5. The number of para-hydroxylation sites is 2. The summed E-state index contributed by atoms with van der Waals surface area (Å²) in [5, 5.41) is 8.72. The average Bonchev–Trinajstić information content (AvgIpc) is 2.97. The molecule has 3 rings (SSSR count). The van der Waals surface area contributed by atoms with E-state index in [9.17, 15) is 0 Å². The minimum atomic E-state index is 0.719. The van der Waals surface area contributed by atoms with Gasteiger partial charge in [-0.2, -0.15) is 4.68 Å². The first-order chi connectivity index (χ1) is 13.0. The summed E-state index contributed by atoms with van der Waals surface area (Å²) < 4.78 is 8.02. The maximum Gasteiger partial charge on any atom is 0.209 e. The van der Waals surface area contributed by atoms with Gasteiger partial charge in [-0.25, -0.2) is 0 Å². The maximum atomic E-state index is 5.51. The smallest absolute Gasteiger partial charge is 0.209 e. The highest BCUT2D eigenvalue weighted by atomic mass is 32.1. The number of hydrogen-bond donors (Lipinski definition) is 2. The molecule has 0 saturated carbocycles. The van der Waals surface area contributed by atoms with Crippen LogP contribution in [0.25, 0.3) is 0 Å². The molecular formula is C20H25N4OS2+. The predicted octanol–water partition coefficient (Wildman–Crippen LogP) is 3.72. The van der Waals surface area contributed by atoms with Crippen molar-refractivity contribution >= 4 is 34.4 Å². The Balaban J connectivity index is 1.70. The third-order valence-electron chi connectivity index (χ3n) is 4.36. The third kappa shape index (κ3) is 4.94. The molecule has 0 fully saturated rings. The van der Waals surface area contributed by atoms with Crippen LogP contribution in [-0.4, -0.2) is 23.9 Å². The monoisotopic (exact) mass is 401 g/mol. The van der Waals surface area contributed by atoms with Crippen molar-refractivity contribution < 1.29 is 9.64 Å². The molecule has 0 amide bonds. The summed E-state index contributed by atoms with van der Waals surface area (Å²) in [4.78, 5) is 1.33. The fraction of sp³-hybridized carbons (Fsp3) is 0.300. The minimum Gasteiger partial charge on any atom is -0.495 e. The molecule has 0 aliphatic heterocycles. The van der Waals surface area contributed by atoms with Gasteiger partial charge in [0.05, 0.1) is 19.8 Å². The second-order valence-electron chi connectivity index (χ2n) is 6.72. The second-order valence-corrected chi connectivity index (χ2v) is 8.34. The van der Waals surface area contributed by atoms with E-state index < -0.39 is 0 Å². The van der Waals surface area contributed by atoms with Crippen LogP contribution in [0.5, 0.6) is 5.75 Å². The molecule has 2 aromatic carbocycles. The molecule has 0 aliphatic carbocycles. The predicted molar refractivity (Wildman–Crippen MR) is 114 cm³/mol. The average molecular weight is 402 g/mol. The molecule has 1 aromatic heterocycles. The summed E-state index contributed by atoms with van der Waals surface area (Å²) in [5.74, 6) is 0.780. The summed E-state index contributed by atoms with van der Waals surface area (Å²) >= 11 is 6.98. The summed E-state index contributed by atoms with van der Waals surface area (Å²) in [5.41, 5.74) is 4.86.